The van der Waals surface area contributed by atoms with Gasteiger partial charge in [0.2, 0.25) is 11.8 Å². The fourth-order valence-electron chi connectivity index (χ4n) is 4.29. The molecule has 0 spiro atoms. The van der Waals surface area contributed by atoms with E-state index in [4.69, 9.17) is 14.2 Å². The third kappa shape index (κ3) is 4.70. The van der Waals surface area contributed by atoms with E-state index in [1.165, 1.54) is 29.2 Å². The monoisotopic (exact) mass is 515 g/mol. The first-order valence-corrected chi connectivity index (χ1v) is 12.0. The maximum absolute atomic E-state index is 13.3. The van der Waals surface area contributed by atoms with E-state index in [1.54, 1.807) is 69.9 Å². The van der Waals surface area contributed by atoms with E-state index < -0.39 is 11.2 Å². The zero-order valence-electron chi connectivity index (χ0n) is 21.2. The van der Waals surface area contributed by atoms with Crippen molar-refractivity contribution in [1.29, 1.82) is 0 Å². The molecule has 3 aromatic carbocycles. The number of fused-ring (bicyclic) bond motifs is 1. The van der Waals surface area contributed by atoms with Gasteiger partial charge >= 0.3 is 0 Å². The van der Waals surface area contributed by atoms with E-state index >= 15 is 0 Å². The van der Waals surface area contributed by atoms with Crippen LogP contribution in [0.5, 0.6) is 23.0 Å². The Morgan fingerprint density at radius 2 is 1.58 bits per heavy atom. The molecule has 0 atom stereocenters. The van der Waals surface area contributed by atoms with E-state index in [9.17, 15) is 14.0 Å². The molecule has 1 aliphatic rings. The highest BCUT2D eigenvalue weighted by Crippen LogP contribution is 2.48. The molecule has 38 heavy (non-hydrogen) atoms. The predicted octanol–water partition coefficient (Wildman–Crippen LogP) is 5.57. The molecule has 1 aromatic heterocycles. The minimum absolute atomic E-state index is 0.321. The number of halogens is 1. The predicted molar refractivity (Wildman–Crippen MR) is 141 cm³/mol. The number of carbonyl (C=O) groups is 2. The molecule has 8 nitrogen and oxygen atoms in total. The van der Waals surface area contributed by atoms with Gasteiger partial charge in [0.25, 0.3) is 0 Å². The number of hydrogen-bond acceptors (Lipinski definition) is 6. The number of ether oxygens (including phenoxy) is 3. The lowest BCUT2D eigenvalue weighted by Crippen LogP contribution is -2.41. The van der Waals surface area contributed by atoms with Crippen molar-refractivity contribution < 1.29 is 28.2 Å². The van der Waals surface area contributed by atoms with Gasteiger partial charge < -0.3 is 24.4 Å². The van der Waals surface area contributed by atoms with Crippen molar-refractivity contribution in [1.82, 2.24) is 4.98 Å². The molecule has 0 radical (unpaired) electrons. The van der Waals surface area contributed by atoms with E-state index in [1.807, 2.05) is 0 Å². The average Bonchev–Trinajstić information content (AvgIpc) is 3.75. The fourth-order valence-corrected chi connectivity index (χ4v) is 4.29. The largest absolute Gasteiger partial charge is 0.493 e. The summed E-state index contributed by atoms with van der Waals surface area (Å²) in [7, 11) is 4.71. The first kappa shape index (κ1) is 25.0. The summed E-state index contributed by atoms with van der Waals surface area (Å²) in [6.45, 7) is 0. The van der Waals surface area contributed by atoms with Crippen molar-refractivity contribution in [2.24, 2.45) is 5.41 Å². The topological polar surface area (TPSA) is 90.0 Å². The van der Waals surface area contributed by atoms with Crippen molar-refractivity contribution in [3.63, 3.8) is 0 Å². The molecule has 1 heterocycles. The molecule has 0 aliphatic heterocycles. The number of carbonyl (C=O) groups excluding carboxylic acids is 2. The molecule has 1 saturated carbocycles. The van der Waals surface area contributed by atoms with Crippen LogP contribution in [0.3, 0.4) is 0 Å². The standard InChI is InChI=1S/C29H26FN3O5/c1-33(20-8-4-18(30)5-9-20)28(35)29(13-14-29)27(34)32-19-6-10-21(11-7-19)38-24-12-15-31-23-17-26(37-3)25(36-2)16-22(23)24/h4-12,15-17H,13-14H2,1-3H3,(H,32,34). The number of rotatable bonds is 8. The number of methoxy groups -OCH3 is 2. The summed E-state index contributed by atoms with van der Waals surface area (Å²) in [6, 6.07) is 17.8. The van der Waals surface area contributed by atoms with Crippen molar-refractivity contribution in [2.45, 2.75) is 12.8 Å². The van der Waals surface area contributed by atoms with Gasteiger partial charge in [-0.15, -0.1) is 0 Å². The highest BCUT2D eigenvalue weighted by Gasteiger charge is 2.57. The zero-order valence-corrected chi connectivity index (χ0v) is 21.2. The van der Waals surface area contributed by atoms with Crippen LogP contribution in [0.2, 0.25) is 0 Å². The number of amides is 2. The lowest BCUT2D eigenvalue weighted by molar-refractivity contribution is -0.132. The van der Waals surface area contributed by atoms with Crippen LogP contribution in [-0.4, -0.2) is 38.1 Å². The summed E-state index contributed by atoms with van der Waals surface area (Å²) in [5.41, 5.74) is 0.622. The van der Waals surface area contributed by atoms with Crippen LogP contribution in [0.15, 0.2) is 72.9 Å². The quantitative estimate of drug-likeness (QED) is 0.309. The Hall–Kier alpha value is -4.66. The summed E-state index contributed by atoms with van der Waals surface area (Å²) in [5, 5.41) is 3.60. The molecule has 9 heteroatoms. The molecular weight excluding hydrogens is 489 g/mol. The second-order valence-electron chi connectivity index (χ2n) is 9.04. The van der Waals surface area contributed by atoms with Crippen LogP contribution in [0.4, 0.5) is 15.8 Å². The smallest absolute Gasteiger partial charge is 0.242 e. The van der Waals surface area contributed by atoms with Crippen LogP contribution in [0, 0.1) is 11.2 Å². The van der Waals surface area contributed by atoms with Crippen molar-refractivity contribution in [3.8, 4) is 23.0 Å². The van der Waals surface area contributed by atoms with E-state index in [-0.39, 0.29) is 11.8 Å². The van der Waals surface area contributed by atoms with E-state index in [0.717, 1.165) is 5.39 Å². The van der Waals surface area contributed by atoms with E-state index in [2.05, 4.69) is 10.3 Å². The summed E-state index contributed by atoms with van der Waals surface area (Å²) in [4.78, 5) is 32.0. The van der Waals surface area contributed by atoms with Crippen molar-refractivity contribution >= 4 is 34.1 Å². The average molecular weight is 516 g/mol. The Labute approximate surface area is 218 Å². The fraction of sp³-hybridized carbons (Fsp3) is 0.207. The molecular formula is C29H26FN3O5. The summed E-state index contributed by atoms with van der Waals surface area (Å²) in [5.74, 6) is 1.19. The third-order valence-electron chi connectivity index (χ3n) is 6.66. The molecule has 194 valence electrons. The normalized spacial score (nSPS) is 13.5. The second kappa shape index (κ2) is 10.0. The van der Waals surface area contributed by atoms with Gasteiger partial charge in [-0.3, -0.25) is 14.6 Å². The van der Waals surface area contributed by atoms with Gasteiger partial charge in [-0.2, -0.15) is 0 Å². The molecule has 4 aromatic rings. The minimum Gasteiger partial charge on any atom is -0.493 e. The number of aromatic nitrogens is 1. The van der Waals surface area contributed by atoms with Gasteiger partial charge in [0, 0.05) is 36.1 Å². The van der Waals surface area contributed by atoms with Crippen LogP contribution >= 0.6 is 0 Å². The van der Waals surface area contributed by atoms with Crippen molar-refractivity contribution in [3.05, 3.63) is 78.7 Å². The third-order valence-corrected chi connectivity index (χ3v) is 6.66. The Morgan fingerprint density at radius 1 is 0.921 bits per heavy atom. The van der Waals surface area contributed by atoms with Crippen LogP contribution in [0.25, 0.3) is 10.9 Å². The number of pyridine rings is 1. The lowest BCUT2D eigenvalue weighted by Gasteiger charge is -2.23. The van der Waals surface area contributed by atoms with Gasteiger partial charge in [-0.05, 0) is 73.5 Å². The molecule has 0 bridgehead atoms. The molecule has 1 aliphatic carbocycles. The van der Waals surface area contributed by atoms with Gasteiger partial charge in [-0.25, -0.2) is 4.39 Å². The number of benzene rings is 3. The SMILES string of the molecule is COc1cc2nccc(Oc3ccc(NC(=O)C4(C(=O)N(C)c5ccc(F)cc5)CC4)cc3)c2cc1OC. The molecule has 0 unspecified atom stereocenters. The summed E-state index contributed by atoms with van der Waals surface area (Å²) in [6.07, 6.45) is 2.55. The Kier molecular flexibility index (Phi) is 6.59. The van der Waals surface area contributed by atoms with Gasteiger partial charge in [0.05, 0.1) is 19.7 Å². The number of nitrogens with one attached hydrogen (secondary N) is 1. The maximum atomic E-state index is 13.3. The highest BCUT2D eigenvalue weighted by molar-refractivity contribution is 6.17. The van der Waals surface area contributed by atoms with Crippen LogP contribution < -0.4 is 24.4 Å². The molecule has 2 amide bonds. The summed E-state index contributed by atoms with van der Waals surface area (Å²) >= 11 is 0. The Bertz CT molecular complexity index is 1500. The van der Waals surface area contributed by atoms with Crippen molar-refractivity contribution in [2.75, 3.05) is 31.5 Å². The first-order valence-electron chi connectivity index (χ1n) is 12.0. The number of anilines is 2. The first-order chi connectivity index (χ1) is 18.3. The van der Waals surface area contributed by atoms with Gasteiger partial charge in [-0.1, -0.05) is 0 Å². The lowest BCUT2D eigenvalue weighted by atomic mass is 10.0. The number of hydrogen-bond donors (Lipinski definition) is 1. The Morgan fingerprint density at radius 3 is 2.21 bits per heavy atom. The molecule has 5 rings (SSSR count). The second-order valence-corrected chi connectivity index (χ2v) is 9.04. The molecule has 1 N–H and O–H groups in total. The molecule has 0 saturated heterocycles. The number of nitrogens with zero attached hydrogens (tertiary/aromatic N) is 2. The van der Waals surface area contributed by atoms with E-state index in [0.29, 0.717) is 52.7 Å². The van der Waals surface area contributed by atoms with Crippen LogP contribution in [-0.2, 0) is 9.59 Å². The molecule has 1 fully saturated rings. The maximum Gasteiger partial charge on any atom is 0.242 e. The van der Waals surface area contributed by atoms with Crippen LogP contribution in [0.1, 0.15) is 12.8 Å². The van der Waals surface area contributed by atoms with Gasteiger partial charge in [0.1, 0.15) is 22.7 Å². The minimum atomic E-state index is -1.13. The van der Waals surface area contributed by atoms with Gasteiger partial charge in [0.15, 0.2) is 11.5 Å². The Balaban J connectivity index is 1.29. The summed E-state index contributed by atoms with van der Waals surface area (Å²) < 4.78 is 30.1. The highest BCUT2D eigenvalue weighted by atomic mass is 19.1. The zero-order chi connectivity index (χ0) is 26.9.